The number of rotatable bonds is 3. The van der Waals surface area contributed by atoms with Crippen molar-refractivity contribution in [1.82, 2.24) is 9.97 Å². The predicted molar refractivity (Wildman–Crippen MR) is 59.5 cm³/mol. The number of anilines is 1. The Kier molecular flexibility index (Phi) is 2.53. The zero-order chi connectivity index (χ0) is 11.9. The normalized spacial score (nSPS) is 15.4. The quantitative estimate of drug-likeness (QED) is 0.811. The molecular weight excluding hydrogens is 206 g/mol. The number of nitrogens with zero attached hydrogens (tertiary/aromatic N) is 2. The molecule has 1 aliphatic carbocycles. The van der Waals surface area contributed by atoms with Gasteiger partial charge in [-0.05, 0) is 18.8 Å². The second-order valence-electron chi connectivity index (χ2n) is 4.46. The molecular formula is C11H15N3O2. The van der Waals surface area contributed by atoms with Crippen molar-refractivity contribution in [1.29, 1.82) is 0 Å². The molecule has 0 atom stereocenters. The first kappa shape index (κ1) is 10.9. The van der Waals surface area contributed by atoms with E-state index in [2.05, 4.69) is 9.97 Å². The van der Waals surface area contributed by atoms with Gasteiger partial charge in [-0.15, -0.1) is 0 Å². The van der Waals surface area contributed by atoms with Crippen molar-refractivity contribution in [2.75, 3.05) is 5.73 Å². The third-order valence-electron chi connectivity index (χ3n) is 2.70. The van der Waals surface area contributed by atoms with Crippen LogP contribution in [0.15, 0.2) is 0 Å². The lowest BCUT2D eigenvalue weighted by Gasteiger charge is -2.11. The molecule has 0 bridgehead atoms. The molecule has 0 saturated heterocycles. The van der Waals surface area contributed by atoms with E-state index in [0.717, 1.165) is 12.8 Å². The highest BCUT2D eigenvalue weighted by Crippen LogP contribution is 2.43. The van der Waals surface area contributed by atoms with Crippen molar-refractivity contribution in [2.45, 2.75) is 38.5 Å². The number of carboxylic acids is 1. The van der Waals surface area contributed by atoms with Gasteiger partial charge in [0.05, 0.1) is 0 Å². The van der Waals surface area contributed by atoms with Crippen LogP contribution in [0.2, 0.25) is 0 Å². The zero-order valence-corrected chi connectivity index (χ0v) is 9.40. The standard InChI is InChI=1S/C11H15N3O2/c1-5(2)10-13-8(11(15)16)7(6-3-4-6)9(12)14-10/h5-6H,3-4H2,1-2H3,(H,15,16)(H2,12,13,14). The second kappa shape index (κ2) is 3.73. The van der Waals surface area contributed by atoms with Crippen LogP contribution in [-0.2, 0) is 0 Å². The third kappa shape index (κ3) is 1.85. The van der Waals surface area contributed by atoms with Crippen LogP contribution in [0, 0.1) is 0 Å². The third-order valence-corrected chi connectivity index (χ3v) is 2.70. The molecule has 16 heavy (non-hydrogen) atoms. The Bertz CT molecular complexity index is 439. The number of carbonyl (C=O) groups is 1. The number of aromatic nitrogens is 2. The Morgan fingerprint density at radius 1 is 1.44 bits per heavy atom. The molecule has 0 aromatic carbocycles. The lowest BCUT2D eigenvalue weighted by molar-refractivity contribution is 0.0688. The Morgan fingerprint density at radius 3 is 2.50 bits per heavy atom. The van der Waals surface area contributed by atoms with Crippen LogP contribution in [0.1, 0.15) is 60.4 Å². The van der Waals surface area contributed by atoms with E-state index >= 15 is 0 Å². The van der Waals surface area contributed by atoms with Crippen LogP contribution in [0.5, 0.6) is 0 Å². The first-order valence-electron chi connectivity index (χ1n) is 5.41. The summed E-state index contributed by atoms with van der Waals surface area (Å²) in [5.41, 5.74) is 6.53. The molecule has 1 aromatic heterocycles. The van der Waals surface area contributed by atoms with Gasteiger partial charge in [0, 0.05) is 11.5 Å². The van der Waals surface area contributed by atoms with E-state index < -0.39 is 5.97 Å². The molecule has 86 valence electrons. The summed E-state index contributed by atoms with van der Waals surface area (Å²) in [5.74, 6) is 0.136. The molecule has 0 aliphatic heterocycles. The van der Waals surface area contributed by atoms with Crippen LogP contribution in [0.3, 0.4) is 0 Å². The Hall–Kier alpha value is -1.65. The topological polar surface area (TPSA) is 89.1 Å². The van der Waals surface area contributed by atoms with E-state index in [9.17, 15) is 4.79 Å². The van der Waals surface area contributed by atoms with Crippen LogP contribution in [0.4, 0.5) is 5.82 Å². The first-order valence-corrected chi connectivity index (χ1v) is 5.41. The molecule has 2 rings (SSSR count). The van der Waals surface area contributed by atoms with Gasteiger partial charge < -0.3 is 10.8 Å². The first-order chi connectivity index (χ1) is 7.50. The van der Waals surface area contributed by atoms with Gasteiger partial charge in [-0.2, -0.15) is 0 Å². The minimum absolute atomic E-state index is 0.0775. The second-order valence-corrected chi connectivity index (χ2v) is 4.46. The maximum Gasteiger partial charge on any atom is 0.355 e. The largest absolute Gasteiger partial charge is 0.476 e. The summed E-state index contributed by atoms with van der Waals surface area (Å²) in [5, 5.41) is 9.13. The number of hydrogen-bond acceptors (Lipinski definition) is 4. The van der Waals surface area contributed by atoms with Crippen molar-refractivity contribution >= 4 is 11.8 Å². The molecule has 0 unspecified atom stereocenters. The molecule has 0 spiro atoms. The molecule has 1 aliphatic rings. The van der Waals surface area contributed by atoms with Gasteiger partial charge in [0.2, 0.25) is 0 Å². The van der Waals surface area contributed by atoms with E-state index in [1.807, 2.05) is 13.8 Å². The van der Waals surface area contributed by atoms with Crippen molar-refractivity contribution < 1.29 is 9.90 Å². The number of hydrogen-bond donors (Lipinski definition) is 2. The average molecular weight is 221 g/mol. The van der Waals surface area contributed by atoms with Crippen molar-refractivity contribution in [3.8, 4) is 0 Å². The summed E-state index contributed by atoms with van der Waals surface area (Å²) < 4.78 is 0. The van der Waals surface area contributed by atoms with Crippen LogP contribution < -0.4 is 5.73 Å². The summed E-state index contributed by atoms with van der Waals surface area (Å²) >= 11 is 0. The van der Waals surface area contributed by atoms with E-state index in [1.165, 1.54) is 0 Å². The molecule has 0 amide bonds. The smallest absolute Gasteiger partial charge is 0.355 e. The number of nitrogen functional groups attached to an aromatic ring is 1. The van der Waals surface area contributed by atoms with Gasteiger partial charge in [-0.1, -0.05) is 13.8 Å². The van der Waals surface area contributed by atoms with E-state index in [4.69, 9.17) is 10.8 Å². The predicted octanol–water partition coefficient (Wildman–Crippen LogP) is 1.76. The number of carboxylic acid groups (broad SMARTS) is 1. The highest BCUT2D eigenvalue weighted by Gasteiger charge is 2.32. The Balaban J connectivity index is 2.56. The molecule has 0 radical (unpaired) electrons. The minimum Gasteiger partial charge on any atom is -0.476 e. The van der Waals surface area contributed by atoms with Crippen molar-refractivity contribution in [3.05, 3.63) is 17.1 Å². The molecule has 1 saturated carbocycles. The average Bonchev–Trinajstić information content (AvgIpc) is 2.99. The van der Waals surface area contributed by atoms with Crippen molar-refractivity contribution in [3.63, 3.8) is 0 Å². The summed E-state index contributed by atoms with van der Waals surface area (Å²) in [4.78, 5) is 19.4. The molecule has 5 nitrogen and oxygen atoms in total. The summed E-state index contributed by atoms with van der Waals surface area (Å²) in [6, 6.07) is 0. The summed E-state index contributed by atoms with van der Waals surface area (Å²) in [6.07, 6.45) is 1.96. The molecule has 3 N–H and O–H groups in total. The molecule has 1 aromatic rings. The molecule has 5 heteroatoms. The fourth-order valence-electron chi connectivity index (χ4n) is 1.70. The SMILES string of the molecule is CC(C)c1nc(N)c(C2CC2)c(C(=O)O)n1. The van der Waals surface area contributed by atoms with Crippen LogP contribution >= 0.6 is 0 Å². The summed E-state index contributed by atoms with van der Waals surface area (Å²) in [7, 11) is 0. The molecule has 1 fully saturated rings. The fraction of sp³-hybridized carbons (Fsp3) is 0.545. The van der Waals surface area contributed by atoms with Crippen LogP contribution in [0.25, 0.3) is 0 Å². The Morgan fingerprint density at radius 2 is 2.06 bits per heavy atom. The lowest BCUT2D eigenvalue weighted by Crippen LogP contribution is -2.13. The Labute approximate surface area is 93.7 Å². The van der Waals surface area contributed by atoms with E-state index in [1.54, 1.807) is 0 Å². The van der Waals surface area contributed by atoms with Gasteiger partial charge in [-0.25, -0.2) is 14.8 Å². The highest BCUT2D eigenvalue weighted by atomic mass is 16.4. The number of nitrogens with two attached hydrogens (primary N) is 1. The maximum absolute atomic E-state index is 11.1. The minimum atomic E-state index is -1.02. The van der Waals surface area contributed by atoms with E-state index in [-0.39, 0.29) is 17.5 Å². The monoisotopic (exact) mass is 221 g/mol. The lowest BCUT2D eigenvalue weighted by atomic mass is 10.1. The van der Waals surface area contributed by atoms with Gasteiger partial charge in [0.25, 0.3) is 0 Å². The van der Waals surface area contributed by atoms with E-state index in [0.29, 0.717) is 17.2 Å². The van der Waals surface area contributed by atoms with Gasteiger partial charge in [-0.3, -0.25) is 0 Å². The van der Waals surface area contributed by atoms with Gasteiger partial charge >= 0.3 is 5.97 Å². The van der Waals surface area contributed by atoms with Crippen molar-refractivity contribution in [2.24, 2.45) is 0 Å². The van der Waals surface area contributed by atoms with Crippen LogP contribution in [-0.4, -0.2) is 21.0 Å². The molecule has 1 heterocycles. The number of aromatic carboxylic acids is 1. The zero-order valence-electron chi connectivity index (χ0n) is 9.40. The fourth-order valence-corrected chi connectivity index (χ4v) is 1.70. The summed E-state index contributed by atoms with van der Waals surface area (Å²) in [6.45, 7) is 3.83. The highest BCUT2D eigenvalue weighted by molar-refractivity contribution is 5.89. The van der Waals surface area contributed by atoms with Gasteiger partial charge in [0.1, 0.15) is 11.6 Å². The van der Waals surface area contributed by atoms with Gasteiger partial charge in [0.15, 0.2) is 5.69 Å². The maximum atomic E-state index is 11.1.